The van der Waals surface area contributed by atoms with Gasteiger partial charge < -0.3 is 20.3 Å². The van der Waals surface area contributed by atoms with Crippen molar-refractivity contribution < 1.29 is 14.6 Å². The highest BCUT2D eigenvalue weighted by Crippen LogP contribution is 2.53. The lowest BCUT2D eigenvalue weighted by Gasteiger charge is -2.47. The van der Waals surface area contributed by atoms with Gasteiger partial charge in [-0.25, -0.2) is 4.99 Å². The first-order chi connectivity index (χ1) is 13.0. The molecule has 1 aromatic carbocycles. The average molecular weight is 386 g/mol. The summed E-state index contributed by atoms with van der Waals surface area (Å²) in [5.74, 6) is 0.816. The van der Waals surface area contributed by atoms with Gasteiger partial charge in [0.1, 0.15) is 24.0 Å². The van der Waals surface area contributed by atoms with Crippen LogP contribution in [0.1, 0.15) is 24.8 Å². The molecule has 4 atom stereocenters. The number of aliphatic hydroxyl groups excluding tert-OH is 1. The number of fused-ring (bicyclic) bond motifs is 4. The summed E-state index contributed by atoms with van der Waals surface area (Å²) in [6.45, 7) is 0.361. The predicted molar refractivity (Wildman–Crippen MR) is 102 cm³/mol. The van der Waals surface area contributed by atoms with Crippen LogP contribution in [0.3, 0.4) is 0 Å². The van der Waals surface area contributed by atoms with Crippen molar-refractivity contribution in [1.82, 2.24) is 4.98 Å². The molecular weight excluding hydrogens is 366 g/mol. The molecule has 7 heteroatoms. The van der Waals surface area contributed by atoms with E-state index in [1.54, 1.807) is 12.4 Å². The molecule has 2 aliphatic heterocycles. The zero-order valence-electron chi connectivity index (χ0n) is 14.6. The monoisotopic (exact) mass is 385 g/mol. The molecule has 5 rings (SSSR count). The molecule has 0 saturated heterocycles. The van der Waals surface area contributed by atoms with E-state index in [-0.39, 0.29) is 24.1 Å². The Morgan fingerprint density at radius 1 is 1.19 bits per heavy atom. The number of aromatic nitrogens is 1. The predicted octanol–water partition coefficient (Wildman–Crippen LogP) is 2.86. The third-order valence-electron chi connectivity index (χ3n) is 5.88. The summed E-state index contributed by atoms with van der Waals surface area (Å²) in [6.07, 6.45) is 5.18. The molecule has 1 unspecified atom stereocenters. The molecule has 1 fully saturated rings. The van der Waals surface area contributed by atoms with E-state index in [0.717, 1.165) is 35.3 Å². The molecule has 1 aromatic heterocycles. The Balaban J connectivity index is 1.66. The highest BCUT2D eigenvalue weighted by Gasteiger charge is 2.55. The number of nitrogens with zero attached hydrogens (tertiary/aromatic N) is 2. The quantitative estimate of drug-likeness (QED) is 0.787. The number of aliphatic hydroxyl groups is 1. The molecule has 1 aliphatic carbocycles. The van der Waals surface area contributed by atoms with E-state index in [1.807, 2.05) is 18.2 Å². The molecule has 0 bridgehead atoms. The van der Waals surface area contributed by atoms with Crippen LogP contribution in [0.5, 0.6) is 5.75 Å². The van der Waals surface area contributed by atoms with Gasteiger partial charge in [-0.3, -0.25) is 4.98 Å². The fraction of sp³-hybridized carbons (Fsp3) is 0.400. The standard InChI is InChI=1S/C20H20ClN3O3/c21-13-5-12(8-23-9-13)11-1-3-17-15(6-11)20(10-26-19(22)24-20)16-7-14(25)2-4-18(16)27-17/h1,3,5-6,8-9,14,16,18,25H,2,4,7,10H2,(H2,22,24)/t14-,16?,18-,20-/m0/s1. The minimum absolute atomic E-state index is 0.00200. The first kappa shape index (κ1) is 16.8. The second-order valence-electron chi connectivity index (χ2n) is 7.50. The van der Waals surface area contributed by atoms with Crippen molar-refractivity contribution in [2.24, 2.45) is 16.6 Å². The molecule has 6 nitrogen and oxygen atoms in total. The van der Waals surface area contributed by atoms with E-state index in [2.05, 4.69) is 11.1 Å². The molecule has 1 spiro atoms. The molecule has 3 N–H and O–H groups in total. The maximum absolute atomic E-state index is 10.3. The van der Waals surface area contributed by atoms with Crippen molar-refractivity contribution in [3.63, 3.8) is 0 Å². The van der Waals surface area contributed by atoms with Crippen molar-refractivity contribution in [3.05, 3.63) is 47.2 Å². The third kappa shape index (κ3) is 2.66. The SMILES string of the molecule is NC1=N[C@@]2(CO1)c1cc(-c3cncc(Cl)c3)ccc1O[C@H]1CC[C@H](O)CC12. The second-order valence-corrected chi connectivity index (χ2v) is 7.93. The van der Waals surface area contributed by atoms with Gasteiger partial charge in [0.15, 0.2) is 0 Å². The molecule has 1 saturated carbocycles. The number of benzene rings is 1. The lowest BCUT2D eigenvalue weighted by atomic mass is 9.67. The van der Waals surface area contributed by atoms with Crippen LogP contribution in [-0.4, -0.2) is 34.9 Å². The number of pyridine rings is 1. The molecule has 140 valence electrons. The zero-order chi connectivity index (χ0) is 18.6. The molecule has 3 heterocycles. The van der Waals surface area contributed by atoms with Gasteiger partial charge >= 0.3 is 0 Å². The zero-order valence-corrected chi connectivity index (χ0v) is 15.4. The van der Waals surface area contributed by atoms with Gasteiger partial charge in [0.2, 0.25) is 0 Å². The summed E-state index contributed by atoms with van der Waals surface area (Å²) < 4.78 is 11.9. The van der Waals surface area contributed by atoms with Gasteiger partial charge in [-0.1, -0.05) is 17.7 Å². The Kier molecular flexibility index (Phi) is 3.81. The topological polar surface area (TPSA) is 90.0 Å². The largest absolute Gasteiger partial charge is 0.490 e. The average Bonchev–Trinajstić information content (AvgIpc) is 3.05. The maximum atomic E-state index is 10.3. The molecular formula is C20H20ClN3O3. The second kappa shape index (κ2) is 6.11. The lowest BCUT2D eigenvalue weighted by molar-refractivity contribution is -0.0359. The summed E-state index contributed by atoms with van der Waals surface area (Å²) in [7, 11) is 0. The smallest absolute Gasteiger partial charge is 0.283 e. The minimum Gasteiger partial charge on any atom is -0.490 e. The van der Waals surface area contributed by atoms with Crippen molar-refractivity contribution in [2.45, 2.75) is 37.0 Å². The molecule has 0 radical (unpaired) electrons. The Bertz CT molecular complexity index is 934. The molecule has 2 aromatic rings. The summed E-state index contributed by atoms with van der Waals surface area (Å²) in [4.78, 5) is 8.91. The van der Waals surface area contributed by atoms with Crippen LogP contribution < -0.4 is 10.5 Å². The summed E-state index contributed by atoms with van der Waals surface area (Å²) >= 11 is 6.11. The van der Waals surface area contributed by atoms with E-state index in [4.69, 9.17) is 31.8 Å². The normalized spacial score (nSPS) is 31.5. The summed E-state index contributed by atoms with van der Waals surface area (Å²) in [6, 6.07) is 8.10. The Morgan fingerprint density at radius 2 is 2.07 bits per heavy atom. The van der Waals surface area contributed by atoms with Gasteiger partial charge in [-0.05, 0) is 43.0 Å². The van der Waals surface area contributed by atoms with E-state index in [1.165, 1.54) is 0 Å². The maximum Gasteiger partial charge on any atom is 0.283 e. The number of amidine groups is 1. The molecule has 27 heavy (non-hydrogen) atoms. The van der Waals surface area contributed by atoms with Crippen molar-refractivity contribution >= 4 is 17.6 Å². The van der Waals surface area contributed by atoms with Crippen LogP contribution >= 0.6 is 11.6 Å². The number of nitrogens with two attached hydrogens (primary N) is 1. The van der Waals surface area contributed by atoms with Gasteiger partial charge in [-0.2, -0.15) is 0 Å². The third-order valence-corrected chi connectivity index (χ3v) is 6.09. The highest BCUT2D eigenvalue weighted by atomic mass is 35.5. The van der Waals surface area contributed by atoms with Gasteiger partial charge in [0, 0.05) is 29.4 Å². The number of ether oxygens (including phenoxy) is 2. The minimum atomic E-state index is -0.633. The highest BCUT2D eigenvalue weighted by molar-refractivity contribution is 6.30. The van der Waals surface area contributed by atoms with Crippen molar-refractivity contribution in [1.29, 1.82) is 0 Å². The van der Waals surface area contributed by atoms with E-state index in [9.17, 15) is 5.11 Å². The number of aliphatic imine (C=N–C) groups is 1. The van der Waals surface area contributed by atoms with Crippen molar-refractivity contribution in [3.8, 4) is 16.9 Å². The Labute approximate surface area is 162 Å². The van der Waals surface area contributed by atoms with Crippen LogP contribution in [0.4, 0.5) is 0 Å². The fourth-order valence-corrected chi connectivity index (χ4v) is 4.79. The Morgan fingerprint density at radius 3 is 2.85 bits per heavy atom. The number of hydrogen-bond acceptors (Lipinski definition) is 6. The van der Waals surface area contributed by atoms with Gasteiger partial charge in [0.25, 0.3) is 6.02 Å². The van der Waals surface area contributed by atoms with E-state index >= 15 is 0 Å². The summed E-state index contributed by atoms with van der Waals surface area (Å²) in [5.41, 5.74) is 8.12. The van der Waals surface area contributed by atoms with Crippen LogP contribution in [0.15, 0.2) is 41.7 Å². The van der Waals surface area contributed by atoms with E-state index < -0.39 is 5.54 Å². The Hall–Kier alpha value is -2.31. The number of hydrogen-bond donors (Lipinski definition) is 2. The van der Waals surface area contributed by atoms with Gasteiger partial charge in [0.05, 0.1) is 11.1 Å². The number of halogens is 1. The molecule has 0 amide bonds. The van der Waals surface area contributed by atoms with Crippen LogP contribution in [0.25, 0.3) is 11.1 Å². The summed E-state index contributed by atoms with van der Waals surface area (Å²) in [5, 5.41) is 10.9. The van der Waals surface area contributed by atoms with Crippen LogP contribution in [-0.2, 0) is 10.3 Å². The van der Waals surface area contributed by atoms with E-state index in [0.29, 0.717) is 18.1 Å². The van der Waals surface area contributed by atoms with Crippen LogP contribution in [0.2, 0.25) is 5.02 Å². The van der Waals surface area contributed by atoms with Crippen LogP contribution in [0, 0.1) is 5.92 Å². The fourth-order valence-electron chi connectivity index (χ4n) is 4.62. The molecule has 3 aliphatic rings. The number of rotatable bonds is 1. The first-order valence-corrected chi connectivity index (χ1v) is 9.51. The first-order valence-electron chi connectivity index (χ1n) is 9.13. The lowest BCUT2D eigenvalue weighted by Crippen LogP contribution is -2.51. The van der Waals surface area contributed by atoms with Gasteiger partial charge in [-0.15, -0.1) is 0 Å². The van der Waals surface area contributed by atoms with Crippen molar-refractivity contribution in [2.75, 3.05) is 6.61 Å².